The number of esters is 1. The molecule has 0 saturated carbocycles. The first-order chi connectivity index (χ1) is 8.74. The van der Waals surface area contributed by atoms with E-state index in [-0.39, 0.29) is 6.61 Å². The number of carbonyl (C=O) groups is 2. The van der Waals surface area contributed by atoms with Gasteiger partial charge in [0.2, 0.25) is 0 Å². The van der Waals surface area contributed by atoms with Crippen molar-refractivity contribution < 1.29 is 14.3 Å². The average molecular weight is 247 g/mol. The van der Waals surface area contributed by atoms with Gasteiger partial charge in [0, 0.05) is 17.1 Å². The number of rotatable bonds is 3. The molecule has 1 heterocycles. The van der Waals surface area contributed by atoms with Gasteiger partial charge in [-0.15, -0.1) is 0 Å². The van der Waals surface area contributed by atoms with Crippen molar-refractivity contribution in [1.29, 1.82) is 0 Å². The Labute approximate surface area is 106 Å². The van der Waals surface area contributed by atoms with Crippen molar-refractivity contribution in [2.24, 2.45) is 0 Å². The smallest absolute Gasteiger partial charge is 0.379 e. The van der Waals surface area contributed by atoms with Gasteiger partial charge in [0.05, 0.1) is 12.2 Å². The summed E-state index contributed by atoms with van der Waals surface area (Å²) in [5.41, 5.74) is 1.18. The molecule has 1 aromatic carbocycles. The van der Waals surface area contributed by atoms with E-state index in [1.54, 1.807) is 13.0 Å². The van der Waals surface area contributed by atoms with Crippen molar-refractivity contribution in [3.05, 3.63) is 36.0 Å². The van der Waals surface area contributed by atoms with E-state index in [1.807, 2.05) is 32.0 Å². The second-order valence-electron chi connectivity index (χ2n) is 3.30. The summed E-state index contributed by atoms with van der Waals surface area (Å²) < 4.78 is 4.67. The van der Waals surface area contributed by atoms with E-state index < -0.39 is 11.8 Å². The van der Waals surface area contributed by atoms with Gasteiger partial charge in [-0.3, -0.25) is 4.79 Å². The highest BCUT2D eigenvalue weighted by Crippen LogP contribution is 2.18. The molecule has 1 aromatic heterocycles. The minimum absolute atomic E-state index is 0.201. The van der Waals surface area contributed by atoms with Gasteiger partial charge >= 0.3 is 5.97 Å². The number of carbonyl (C=O) groups excluding carboxylic acids is 2. The third kappa shape index (κ3) is 2.77. The minimum atomic E-state index is -0.813. The summed E-state index contributed by atoms with van der Waals surface area (Å²) in [5, 5.41) is 0.737. The number of hydrogen-bond acceptors (Lipinski definition) is 3. The summed E-state index contributed by atoms with van der Waals surface area (Å²) in [7, 11) is 0. The van der Waals surface area contributed by atoms with Gasteiger partial charge in [0.25, 0.3) is 5.78 Å². The highest BCUT2D eigenvalue weighted by molar-refractivity contribution is 6.42. The van der Waals surface area contributed by atoms with E-state index >= 15 is 0 Å². The predicted molar refractivity (Wildman–Crippen MR) is 70.6 cm³/mol. The highest BCUT2D eigenvalue weighted by atomic mass is 16.5. The average Bonchev–Trinajstić information content (AvgIpc) is 2.84. The summed E-state index contributed by atoms with van der Waals surface area (Å²) in [6.07, 6.45) is 1.53. The maximum atomic E-state index is 11.7. The summed E-state index contributed by atoms with van der Waals surface area (Å²) >= 11 is 0. The molecule has 2 aromatic rings. The first kappa shape index (κ1) is 14.0. The number of nitrogens with one attached hydrogen (secondary N) is 1. The van der Waals surface area contributed by atoms with Crippen LogP contribution in [-0.2, 0) is 9.53 Å². The quantitative estimate of drug-likeness (QED) is 0.515. The molecule has 96 valence electrons. The fraction of sp³-hybridized carbons (Fsp3) is 0.286. The van der Waals surface area contributed by atoms with Crippen molar-refractivity contribution in [1.82, 2.24) is 4.98 Å². The van der Waals surface area contributed by atoms with Crippen LogP contribution in [0.4, 0.5) is 0 Å². The van der Waals surface area contributed by atoms with Crippen LogP contribution in [0.5, 0.6) is 0 Å². The van der Waals surface area contributed by atoms with Gasteiger partial charge < -0.3 is 9.72 Å². The number of ketones is 1. The number of ether oxygens (including phenoxy) is 1. The van der Waals surface area contributed by atoms with E-state index in [1.165, 1.54) is 6.20 Å². The highest BCUT2D eigenvalue weighted by Gasteiger charge is 2.20. The van der Waals surface area contributed by atoms with Crippen LogP contribution in [0.3, 0.4) is 0 Å². The maximum absolute atomic E-state index is 11.7. The van der Waals surface area contributed by atoms with E-state index in [4.69, 9.17) is 0 Å². The molecular weight excluding hydrogens is 230 g/mol. The lowest BCUT2D eigenvalue weighted by molar-refractivity contribution is -0.137. The Morgan fingerprint density at radius 1 is 1.22 bits per heavy atom. The number of fused-ring (bicyclic) bond motifs is 1. The molecule has 0 aliphatic rings. The van der Waals surface area contributed by atoms with Gasteiger partial charge in [0.15, 0.2) is 0 Å². The molecule has 0 spiro atoms. The lowest BCUT2D eigenvalue weighted by Gasteiger charge is -1.99. The minimum Gasteiger partial charge on any atom is -0.460 e. The van der Waals surface area contributed by atoms with Gasteiger partial charge in [-0.2, -0.15) is 0 Å². The van der Waals surface area contributed by atoms with Gasteiger partial charge in [-0.05, 0) is 13.0 Å². The van der Waals surface area contributed by atoms with Crippen LogP contribution >= 0.6 is 0 Å². The van der Waals surface area contributed by atoms with Crippen LogP contribution in [0.15, 0.2) is 30.5 Å². The SMILES string of the molecule is CC.CCOC(=O)C(=O)c1c[nH]c2ccccc12. The third-order valence-corrected chi connectivity index (χ3v) is 2.29. The van der Waals surface area contributed by atoms with E-state index in [9.17, 15) is 9.59 Å². The predicted octanol–water partition coefficient (Wildman–Crippen LogP) is 2.94. The third-order valence-electron chi connectivity index (χ3n) is 2.29. The Hall–Kier alpha value is -2.10. The summed E-state index contributed by atoms with van der Waals surface area (Å²) in [5.74, 6) is -1.42. The Kier molecular flexibility index (Phi) is 5.11. The number of aromatic amines is 1. The van der Waals surface area contributed by atoms with E-state index in [0.29, 0.717) is 5.56 Å². The van der Waals surface area contributed by atoms with Gasteiger partial charge in [-0.1, -0.05) is 32.0 Å². The van der Waals surface area contributed by atoms with Crippen LogP contribution in [0.1, 0.15) is 31.1 Å². The van der Waals surface area contributed by atoms with Crippen molar-refractivity contribution in [2.45, 2.75) is 20.8 Å². The number of hydrogen-bond donors (Lipinski definition) is 1. The molecule has 0 aliphatic carbocycles. The van der Waals surface area contributed by atoms with Gasteiger partial charge in [-0.25, -0.2) is 4.79 Å². The molecule has 0 saturated heterocycles. The zero-order valence-electron chi connectivity index (χ0n) is 10.8. The molecule has 0 amide bonds. The van der Waals surface area contributed by atoms with Crippen LogP contribution in [0, 0.1) is 0 Å². The Morgan fingerprint density at radius 3 is 2.56 bits per heavy atom. The first-order valence-electron chi connectivity index (χ1n) is 6.01. The molecule has 0 radical (unpaired) electrons. The van der Waals surface area contributed by atoms with Gasteiger partial charge in [0.1, 0.15) is 0 Å². The Balaban J connectivity index is 0.000000771. The second-order valence-corrected chi connectivity index (χ2v) is 3.30. The summed E-state index contributed by atoms with van der Waals surface area (Å²) in [6, 6.07) is 7.31. The topological polar surface area (TPSA) is 59.2 Å². The lowest BCUT2D eigenvalue weighted by Crippen LogP contribution is -2.17. The number of para-hydroxylation sites is 1. The molecule has 0 fully saturated rings. The molecule has 18 heavy (non-hydrogen) atoms. The van der Waals surface area contributed by atoms with E-state index in [2.05, 4.69) is 9.72 Å². The number of H-pyrrole nitrogens is 1. The van der Waals surface area contributed by atoms with Crippen LogP contribution < -0.4 is 0 Å². The molecule has 1 N–H and O–H groups in total. The molecule has 0 bridgehead atoms. The molecule has 4 nitrogen and oxygen atoms in total. The maximum Gasteiger partial charge on any atom is 0.379 e. The summed E-state index contributed by atoms with van der Waals surface area (Å²) in [4.78, 5) is 26.0. The number of Topliss-reactive ketones (excluding diaryl/α,β-unsaturated/α-hetero) is 1. The monoisotopic (exact) mass is 247 g/mol. The summed E-state index contributed by atoms with van der Waals surface area (Å²) in [6.45, 7) is 5.87. The molecule has 2 rings (SSSR count). The van der Waals surface area contributed by atoms with Crippen LogP contribution in [0.2, 0.25) is 0 Å². The molecule has 0 unspecified atom stereocenters. The lowest BCUT2D eigenvalue weighted by atomic mass is 10.1. The zero-order chi connectivity index (χ0) is 13.5. The molecule has 0 atom stereocenters. The molecule has 0 aliphatic heterocycles. The number of benzene rings is 1. The molecular formula is C14H17NO3. The Morgan fingerprint density at radius 2 is 1.89 bits per heavy atom. The standard InChI is InChI=1S/C12H11NO3.C2H6/c1-2-16-12(15)11(14)9-7-13-10-6-4-3-5-8(9)10;1-2/h3-7,13H,2H2,1H3;1-2H3. The fourth-order valence-corrected chi connectivity index (χ4v) is 1.57. The van der Waals surface area contributed by atoms with E-state index in [0.717, 1.165) is 10.9 Å². The second kappa shape index (κ2) is 6.59. The van der Waals surface area contributed by atoms with Crippen LogP contribution in [0.25, 0.3) is 10.9 Å². The zero-order valence-corrected chi connectivity index (χ0v) is 10.8. The fourth-order valence-electron chi connectivity index (χ4n) is 1.57. The molecule has 4 heteroatoms. The largest absolute Gasteiger partial charge is 0.460 e. The van der Waals surface area contributed by atoms with Crippen molar-refractivity contribution in [2.75, 3.05) is 6.61 Å². The van der Waals surface area contributed by atoms with Crippen molar-refractivity contribution in [3.63, 3.8) is 0 Å². The number of aromatic nitrogens is 1. The first-order valence-corrected chi connectivity index (χ1v) is 6.01. The van der Waals surface area contributed by atoms with Crippen molar-refractivity contribution >= 4 is 22.7 Å². The Bertz CT molecular complexity index is 543. The van der Waals surface area contributed by atoms with Crippen LogP contribution in [-0.4, -0.2) is 23.3 Å². The van der Waals surface area contributed by atoms with Crippen molar-refractivity contribution in [3.8, 4) is 0 Å². The normalized spacial score (nSPS) is 9.50.